The van der Waals surface area contributed by atoms with Gasteiger partial charge in [0.05, 0.1) is 32.0 Å². The van der Waals surface area contributed by atoms with Crippen LogP contribution < -0.4 is 0 Å². The lowest BCUT2D eigenvalue weighted by Crippen LogP contribution is -2.61. The zero-order chi connectivity index (χ0) is 37.0. The summed E-state index contributed by atoms with van der Waals surface area (Å²) in [5.41, 5.74) is -1.41. The number of piperidine rings is 2. The normalized spacial score (nSPS) is 31.8. The maximum atomic E-state index is 13.8. The molecule has 0 aromatic heterocycles. The molecule has 49 heavy (non-hydrogen) atoms. The van der Waals surface area contributed by atoms with Crippen LogP contribution in [0.4, 0.5) is 0 Å². The fourth-order valence-corrected chi connectivity index (χ4v) is 11.1. The molecule has 2 saturated heterocycles. The molecule has 0 N–H and O–H groups in total. The quantitative estimate of drug-likeness (QED) is 0.189. The minimum Gasteiger partial charge on any atom is -0.462 e. The first kappa shape index (κ1) is 40.0. The second kappa shape index (κ2) is 14.0. The molecule has 2 aliphatic heterocycles. The summed E-state index contributed by atoms with van der Waals surface area (Å²) in [5, 5.41) is 3.95. The Labute approximate surface area is 296 Å². The molecule has 4 rings (SSSR count). The van der Waals surface area contributed by atoms with Crippen molar-refractivity contribution < 1.29 is 38.3 Å². The summed E-state index contributed by atoms with van der Waals surface area (Å²) < 4.78 is 18.8. The van der Waals surface area contributed by atoms with Crippen molar-refractivity contribution in [1.82, 2.24) is 10.1 Å². The van der Waals surface area contributed by atoms with E-state index >= 15 is 0 Å². The monoisotopic (exact) mass is 692 g/mol. The third-order valence-electron chi connectivity index (χ3n) is 11.5. The Morgan fingerprint density at radius 3 is 0.939 bits per heavy atom. The lowest BCUT2D eigenvalue weighted by Gasteiger charge is -2.53. The Balaban J connectivity index is 1.51. The molecule has 4 aliphatic rings. The maximum Gasteiger partial charge on any atom is 0.309 e. The van der Waals surface area contributed by atoms with Crippen LogP contribution in [0.15, 0.2) is 0 Å². The first-order chi connectivity index (χ1) is 22.3. The third-order valence-corrected chi connectivity index (χ3v) is 11.5. The van der Waals surface area contributed by atoms with Crippen LogP contribution in [0.25, 0.3) is 0 Å². The molecule has 2 heterocycles. The van der Waals surface area contributed by atoms with Crippen LogP contribution in [-0.4, -0.2) is 82.7 Å². The summed E-state index contributed by atoms with van der Waals surface area (Å²) in [4.78, 5) is 52.9. The average molecular weight is 693 g/mol. The van der Waals surface area contributed by atoms with E-state index in [0.29, 0.717) is 44.9 Å². The van der Waals surface area contributed by atoms with E-state index in [-0.39, 0.29) is 68.6 Å². The molecule has 10 nitrogen and oxygen atoms in total. The van der Waals surface area contributed by atoms with Gasteiger partial charge in [-0.25, -0.2) is 0 Å². The largest absolute Gasteiger partial charge is 0.462 e. The van der Waals surface area contributed by atoms with Gasteiger partial charge in [0.2, 0.25) is 0 Å². The zero-order valence-electron chi connectivity index (χ0n) is 33.2. The topological polar surface area (TPSA) is 104 Å². The molecule has 2 unspecified atom stereocenters. The van der Waals surface area contributed by atoms with Gasteiger partial charge < -0.3 is 23.9 Å². The fraction of sp³-hybridized carbons (Fsp3) is 0.923. The molecule has 282 valence electrons. The van der Waals surface area contributed by atoms with Crippen LogP contribution in [0.2, 0.25) is 0 Å². The Kier molecular flexibility index (Phi) is 11.4. The molecule has 2 atom stereocenters. The van der Waals surface area contributed by atoms with E-state index in [1.165, 1.54) is 0 Å². The van der Waals surface area contributed by atoms with Gasteiger partial charge in [-0.05, 0) is 111 Å². The highest BCUT2D eigenvalue weighted by molar-refractivity contribution is 5.74. The number of hydrogen-bond acceptors (Lipinski definition) is 10. The summed E-state index contributed by atoms with van der Waals surface area (Å²) in [6.45, 7) is 25.5. The molecule has 0 aromatic rings. The van der Waals surface area contributed by atoms with Gasteiger partial charge in [-0.1, -0.05) is 27.7 Å². The standard InChI is InChI=1S/C39H68N2O8/c1-34(2)18-25(19-35(3,4)24-34)31(42)47-28-15-29(48-32(43)26-20-36(5,6)40(45-13)37(7,8)21-26)17-30(16-28)49-33(44)27-22-38(9,10)41(46-14)39(11,12)23-27/h25-30H,15-24H2,1-14H3. The van der Waals surface area contributed by atoms with Crippen molar-refractivity contribution in [1.29, 1.82) is 0 Å². The summed E-state index contributed by atoms with van der Waals surface area (Å²) in [6, 6.07) is 0. The second-order valence-corrected chi connectivity index (χ2v) is 19.9. The van der Waals surface area contributed by atoms with Gasteiger partial charge in [-0.2, -0.15) is 10.1 Å². The van der Waals surface area contributed by atoms with Crippen molar-refractivity contribution in [2.75, 3.05) is 14.2 Å². The van der Waals surface area contributed by atoms with E-state index in [1.54, 1.807) is 14.2 Å². The van der Waals surface area contributed by atoms with Gasteiger partial charge in [0.1, 0.15) is 18.3 Å². The van der Waals surface area contributed by atoms with E-state index in [4.69, 9.17) is 23.9 Å². The van der Waals surface area contributed by atoms with Gasteiger partial charge in [0, 0.05) is 41.4 Å². The number of esters is 3. The number of rotatable bonds is 8. The van der Waals surface area contributed by atoms with E-state index in [2.05, 4.69) is 83.1 Å². The minimum atomic E-state index is -0.536. The molecule has 0 amide bonds. The molecular formula is C39H68N2O8. The van der Waals surface area contributed by atoms with Crippen LogP contribution in [0.3, 0.4) is 0 Å². The first-order valence-electron chi connectivity index (χ1n) is 18.6. The van der Waals surface area contributed by atoms with E-state index in [1.807, 2.05) is 10.1 Å². The second-order valence-electron chi connectivity index (χ2n) is 19.9. The SMILES string of the molecule is CON1C(C)(C)CC(C(=O)OC2CC(OC(=O)C3CC(C)(C)CC(C)(C)C3)CC(OC(=O)C3CC(C)(C)N(OC)C(C)(C)C3)C2)CC1(C)C. The maximum absolute atomic E-state index is 13.8. The van der Waals surface area contributed by atoms with Crippen molar-refractivity contribution in [3.05, 3.63) is 0 Å². The Morgan fingerprint density at radius 1 is 0.449 bits per heavy atom. The van der Waals surface area contributed by atoms with Crippen LogP contribution in [0.1, 0.15) is 147 Å². The molecule has 0 spiro atoms. The van der Waals surface area contributed by atoms with Crippen LogP contribution in [0, 0.1) is 28.6 Å². The van der Waals surface area contributed by atoms with Crippen molar-refractivity contribution in [2.24, 2.45) is 28.6 Å². The van der Waals surface area contributed by atoms with E-state index in [9.17, 15) is 14.4 Å². The van der Waals surface area contributed by atoms with Gasteiger partial charge in [-0.15, -0.1) is 0 Å². The minimum absolute atomic E-state index is 0.0357. The zero-order valence-corrected chi connectivity index (χ0v) is 33.2. The highest BCUT2D eigenvalue weighted by Gasteiger charge is 2.51. The Morgan fingerprint density at radius 2 is 0.694 bits per heavy atom. The van der Waals surface area contributed by atoms with Crippen LogP contribution in [-0.2, 0) is 38.3 Å². The highest BCUT2D eigenvalue weighted by atomic mass is 16.7. The molecule has 0 radical (unpaired) electrons. The lowest BCUT2D eigenvalue weighted by atomic mass is 9.61. The molecule has 4 fully saturated rings. The molecule has 2 saturated carbocycles. The Bertz CT molecular complexity index is 1110. The number of hydrogen-bond donors (Lipinski definition) is 0. The first-order valence-corrected chi connectivity index (χ1v) is 18.6. The summed E-state index contributed by atoms with van der Waals surface area (Å²) in [7, 11) is 3.34. The van der Waals surface area contributed by atoms with Gasteiger partial charge in [0.15, 0.2) is 0 Å². The Hall–Kier alpha value is -1.75. The van der Waals surface area contributed by atoms with Gasteiger partial charge in [0.25, 0.3) is 0 Å². The van der Waals surface area contributed by atoms with Crippen LogP contribution >= 0.6 is 0 Å². The predicted octanol–water partition coefficient (Wildman–Crippen LogP) is 7.42. The van der Waals surface area contributed by atoms with Gasteiger partial charge >= 0.3 is 17.9 Å². The van der Waals surface area contributed by atoms with Crippen molar-refractivity contribution >= 4 is 17.9 Å². The molecule has 0 bridgehead atoms. The highest BCUT2D eigenvalue weighted by Crippen LogP contribution is 2.49. The number of ether oxygens (including phenoxy) is 3. The molecule has 10 heteroatoms. The van der Waals surface area contributed by atoms with Gasteiger partial charge in [-0.3, -0.25) is 14.4 Å². The molecule has 0 aromatic carbocycles. The fourth-order valence-electron chi connectivity index (χ4n) is 11.1. The number of hydroxylamine groups is 4. The van der Waals surface area contributed by atoms with Crippen LogP contribution in [0.5, 0.6) is 0 Å². The number of carbonyl (C=O) groups excluding carboxylic acids is 3. The predicted molar refractivity (Wildman–Crippen MR) is 188 cm³/mol. The van der Waals surface area contributed by atoms with E-state index in [0.717, 1.165) is 19.3 Å². The lowest BCUT2D eigenvalue weighted by molar-refractivity contribution is -0.273. The van der Waals surface area contributed by atoms with E-state index < -0.39 is 18.3 Å². The molecule has 2 aliphatic carbocycles. The summed E-state index contributed by atoms with van der Waals surface area (Å²) >= 11 is 0. The summed E-state index contributed by atoms with van der Waals surface area (Å²) in [6.07, 6.45) is 4.52. The smallest absolute Gasteiger partial charge is 0.309 e. The van der Waals surface area contributed by atoms with Crippen molar-refractivity contribution in [3.8, 4) is 0 Å². The number of nitrogens with zero attached hydrogens (tertiary/aromatic N) is 2. The third kappa shape index (κ3) is 9.38. The summed E-state index contributed by atoms with van der Waals surface area (Å²) in [5.74, 6) is -1.55. The average Bonchev–Trinajstić information content (AvgIpc) is 2.88. The van der Waals surface area contributed by atoms with Crippen molar-refractivity contribution in [3.63, 3.8) is 0 Å². The molecular weight excluding hydrogens is 624 g/mol. The van der Waals surface area contributed by atoms with Crippen molar-refractivity contribution in [2.45, 2.75) is 188 Å². The number of carbonyl (C=O) groups is 3.